The summed E-state index contributed by atoms with van der Waals surface area (Å²) >= 11 is 0. The summed E-state index contributed by atoms with van der Waals surface area (Å²) in [5, 5.41) is 0. The van der Waals surface area contributed by atoms with Crippen molar-refractivity contribution in [2.24, 2.45) is 0 Å². The zero-order valence-electron chi connectivity index (χ0n) is 23.6. The van der Waals surface area contributed by atoms with Gasteiger partial charge in [0.05, 0.1) is 40.4 Å². The third-order valence-corrected chi connectivity index (χ3v) is 6.91. The van der Waals surface area contributed by atoms with E-state index in [-0.39, 0.29) is 28.6 Å². The van der Waals surface area contributed by atoms with E-state index in [4.69, 9.17) is 40.9 Å². The summed E-state index contributed by atoms with van der Waals surface area (Å²) in [5.74, 6) is 2.44. The summed E-state index contributed by atoms with van der Waals surface area (Å²) in [6.45, 7) is 0. The minimum atomic E-state index is -3.79. The first kappa shape index (κ1) is 31.3. The van der Waals surface area contributed by atoms with Gasteiger partial charge in [0.1, 0.15) is 5.82 Å². The molecule has 0 spiro atoms. The lowest BCUT2D eigenvalue weighted by Crippen LogP contribution is -2.14. The molecule has 7 N–H and O–H groups in total. The minimum Gasteiger partial charge on any atom is -0.493 e. The van der Waals surface area contributed by atoms with Gasteiger partial charge >= 0.3 is 6.01 Å². The average Bonchev–Trinajstić information content (AvgIpc) is 2.98. The number of nitrogen functional groups attached to an aromatic ring is 3. The Morgan fingerprint density at radius 3 is 1.95 bits per heavy atom. The standard InChI is InChI=1S/C14H18N4O3.C12H14N4O4S/c1-19-10-5-8(6-11(20-2)12(10)21-3)4-9-7-17-14(16)18-13(9)15;1-19-11-7-10(14-12(15-11)20-2)16-21(17,18)9-5-3-8(13)4-6-9/h5-7H,4H2,1-3H3,(H4,15,16,17,18);3-7H,13H2,1-2H3,(H,14,15,16). The van der Waals surface area contributed by atoms with Gasteiger partial charge < -0.3 is 40.9 Å². The van der Waals surface area contributed by atoms with Crippen LogP contribution in [0.2, 0.25) is 0 Å². The molecular weight excluding hydrogens is 568 g/mol. The van der Waals surface area contributed by atoms with Crippen LogP contribution in [-0.2, 0) is 16.4 Å². The number of anilines is 4. The average molecular weight is 601 g/mol. The second kappa shape index (κ2) is 13.9. The largest absolute Gasteiger partial charge is 0.493 e. The van der Waals surface area contributed by atoms with Crippen molar-refractivity contribution in [3.63, 3.8) is 0 Å². The topological polar surface area (TPSA) is 222 Å². The van der Waals surface area contributed by atoms with E-state index in [1.807, 2.05) is 12.1 Å². The Balaban J connectivity index is 0.000000230. The second-order valence-electron chi connectivity index (χ2n) is 8.31. The van der Waals surface area contributed by atoms with Gasteiger partial charge in [-0.15, -0.1) is 0 Å². The fourth-order valence-electron chi connectivity index (χ4n) is 3.52. The molecule has 0 aliphatic heterocycles. The first-order valence-corrected chi connectivity index (χ1v) is 13.5. The second-order valence-corrected chi connectivity index (χ2v) is 9.99. The molecule has 0 unspecified atom stereocenters. The molecule has 0 bridgehead atoms. The highest BCUT2D eigenvalue weighted by molar-refractivity contribution is 7.92. The van der Waals surface area contributed by atoms with Crippen LogP contribution in [0.5, 0.6) is 29.1 Å². The molecule has 2 aromatic carbocycles. The van der Waals surface area contributed by atoms with Crippen LogP contribution in [0.25, 0.3) is 0 Å². The number of ether oxygens (including phenoxy) is 5. The zero-order valence-corrected chi connectivity index (χ0v) is 24.4. The SMILES string of the molecule is COc1cc(Cc2cnc(N)nc2N)cc(OC)c1OC.COc1cc(NS(=O)(=O)c2ccc(N)cc2)nc(OC)n1. The fraction of sp³-hybridized carbons (Fsp3) is 0.231. The smallest absolute Gasteiger partial charge is 0.321 e. The third kappa shape index (κ3) is 7.91. The Bertz CT molecular complexity index is 1570. The molecule has 0 aliphatic carbocycles. The van der Waals surface area contributed by atoms with Crippen LogP contribution in [0.15, 0.2) is 53.6 Å². The number of nitrogens with zero attached hydrogens (tertiary/aromatic N) is 4. The summed E-state index contributed by atoms with van der Waals surface area (Å²) in [4.78, 5) is 15.7. The van der Waals surface area contributed by atoms with Crippen molar-refractivity contribution in [2.75, 3.05) is 57.5 Å². The van der Waals surface area contributed by atoms with Crippen molar-refractivity contribution in [3.05, 3.63) is 59.8 Å². The Morgan fingerprint density at radius 2 is 1.43 bits per heavy atom. The van der Waals surface area contributed by atoms with Gasteiger partial charge in [-0.3, -0.25) is 4.72 Å². The van der Waals surface area contributed by atoms with Gasteiger partial charge in [-0.2, -0.15) is 15.0 Å². The van der Waals surface area contributed by atoms with Crippen LogP contribution in [0.4, 0.5) is 23.3 Å². The van der Waals surface area contributed by atoms with Crippen LogP contribution in [0.3, 0.4) is 0 Å². The van der Waals surface area contributed by atoms with Gasteiger partial charge in [0.25, 0.3) is 10.0 Å². The molecule has 0 saturated heterocycles. The van der Waals surface area contributed by atoms with E-state index in [0.717, 1.165) is 11.1 Å². The molecule has 15 nitrogen and oxygen atoms in total. The molecule has 4 rings (SSSR count). The Hall–Kier alpha value is -5.25. The van der Waals surface area contributed by atoms with E-state index in [2.05, 4.69) is 24.7 Å². The van der Waals surface area contributed by atoms with Gasteiger partial charge in [-0.05, 0) is 42.0 Å². The van der Waals surface area contributed by atoms with E-state index in [0.29, 0.717) is 35.2 Å². The van der Waals surface area contributed by atoms with Crippen LogP contribution >= 0.6 is 0 Å². The molecule has 0 fully saturated rings. The van der Waals surface area contributed by atoms with Crippen molar-refractivity contribution >= 4 is 33.3 Å². The maximum atomic E-state index is 12.2. The summed E-state index contributed by atoms with van der Waals surface area (Å²) in [5.41, 5.74) is 19.1. The maximum absolute atomic E-state index is 12.2. The number of hydrogen-bond donors (Lipinski definition) is 4. The van der Waals surface area contributed by atoms with Crippen molar-refractivity contribution in [3.8, 4) is 29.1 Å². The molecular formula is C26H32N8O7S. The summed E-state index contributed by atoms with van der Waals surface area (Å²) in [6.07, 6.45) is 2.14. The monoisotopic (exact) mass is 600 g/mol. The van der Waals surface area contributed by atoms with E-state index >= 15 is 0 Å². The lowest BCUT2D eigenvalue weighted by molar-refractivity contribution is 0.324. The maximum Gasteiger partial charge on any atom is 0.321 e. The number of methoxy groups -OCH3 is 5. The van der Waals surface area contributed by atoms with Crippen LogP contribution < -0.4 is 45.6 Å². The Kier molecular flexibility index (Phi) is 10.3. The predicted molar refractivity (Wildman–Crippen MR) is 157 cm³/mol. The number of rotatable bonds is 10. The Labute approximate surface area is 243 Å². The highest BCUT2D eigenvalue weighted by Crippen LogP contribution is 2.38. The normalized spacial score (nSPS) is 10.6. The highest BCUT2D eigenvalue weighted by Gasteiger charge is 2.17. The molecule has 0 aliphatic rings. The van der Waals surface area contributed by atoms with Gasteiger partial charge in [0, 0.05) is 29.9 Å². The number of hydrogen-bond acceptors (Lipinski definition) is 14. The van der Waals surface area contributed by atoms with Gasteiger partial charge in [0.15, 0.2) is 17.3 Å². The molecule has 16 heteroatoms. The number of nitrogens with two attached hydrogens (primary N) is 3. The molecule has 0 saturated carbocycles. The molecule has 224 valence electrons. The predicted octanol–water partition coefficient (Wildman–Crippen LogP) is 2.13. The van der Waals surface area contributed by atoms with Crippen molar-refractivity contribution in [2.45, 2.75) is 11.3 Å². The van der Waals surface area contributed by atoms with Gasteiger partial charge in [0.2, 0.25) is 17.6 Å². The van der Waals surface area contributed by atoms with Crippen LogP contribution in [0, 0.1) is 0 Å². The van der Waals surface area contributed by atoms with Crippen LogP contribution in [-0.4, -0.2) is 63.9 Å². The first-order chi connectivity index (χ1) is 20.0. The molecule has 2 heterocycles. The summed E-state index contributed by atoms with van der Waals surface area (Å²) in [6, 6.07) is 10.8. The molecule has 4 aromatic rings. The molecule has 0 atom stereocenters. The lowest BCUT2D eigenvalue weighted by atomic mass is 10.1. The number of sulfonamides is 1. The fourth-order valence-corrected chi connectivity index (χ4v) is 4.52. The summed E-state index contributed by atoms with van der Waals surface area (Å²) < 4.78 is 52.5. The van der Waals surface area contributed by atoms with Crippen molar-refractivity contribution < 1.29 is 32.1 Å². The van der Waals surface area contributed by atoms with E-state index < -0.39 is 10.0 Å². The van der Waals surface area contributed by atoms with E-state index in [1.165, 1.54) is 44.6 Å². The lowest BCUT2D eigenvalue weighted by Gasteiger charge is -2.14. The zero-order chi connectivity index (χ0) is 30.9. The Morgan fingerprint density at radius 1 is 0.786 bits per heavy atom. The molecule has 2 aromatic heterocycles. The van der Waals surface area contributed by atoms with E-state index in [9.17, 15) is 8.42 Å². The molecule has 0 amide bonds. The number of nitrogens with one attached hydrogen (secondary N) is 1. The van der Waals surface area contributed by atoms with Crippen molar-refractivity contribution in [1.82, 2.24) is 19.9 Å². The van der Waals surface area contributed by atoms with Crippen LogP contribution in [0.1, 0.15) is 11.1 Å². The number of benzene rings is 2. The van der Waals surface area contributed by atoms with Crippen molar-refractivity contribution in [1.29, 1.82) is 0 Å². The molecule has 42 heavy (non-hydrogen) atoms. The third-order valence-electron chi connectivity index (χ3n) is 5.54. The number of aromatic nitrogens is 4. The highest BCUT2D eigenvalue weighted by atomic mass is 32.2. The van der Waals surface area contributed by atoms with Gasteiger partial charge in [-0.25, -0.2) is 13.4 Å². The summed E-state index contributed by atoms with van der Waals surface area (Å²) in [7, 11) is 3.69. The quantitative estimate of drug-likeness (QED) is 0.192. The van der Waals surface area contributed by atoms with Gasteiger partial charge in [-0.1, -0.05) is 0 Å². The molecule has 0 radical (unpaired) electrons. The first-order valence-electron chi connectivity index (χ1n) is 12.0. The minimum absolute atomic E-state index is 0.00986. The van der Waals surface area contributed by atoms with E-state index in [1.54, 1.807) is 27.5 Å².